The highest BCUT2D eigenvalue weighted by atomic mass is 16.3. The van der Waals surface area contributed by atoms with Crippen molar-refractivity contribution in [2.45, 2.75) is 18.9 Å². The molecule has 1 N–H and O–H groups in total. The topological polar surface area (TPSA) is 33.1 Å². The number of rotatable bonds is 1. The normalized spacial score (nSPS) is 18.7. The highest BCUT2D eigenvalue weighted by Gasteiger charge is 2.18. The fourth-order valence-corrected chi connectivity index (χ4v) is 2.40. The molecule has 0 amide bonds. The average molecular weight is 237 g/mol. The van der Waals surface area contributed by atoms with E-state index in [1.807, 2.05) is 30.3 Å². The number of aliphatic hydroxyl groups is 1. The zero-order valence-corrected chi connectivity index (χ0v) is 10.1. The SMILES string of the molecule is OC1CCC(c2ccccc2)=Cc2cccnc21. The van der Waals surface area contributed by atoms with Gasteiger partial charge in [-0.25, -0.2) is 0 Å². The molecule has 0 aliphatic heterocycles. The maximum Gasteiger partial charge on any atom is 0.0969 e. The molecule has 1 aliphatic rings. The highest BCUT2D eigenvalue weighted by molar-refractivity contribution is 5.82. The van der Waals surface area contributed by atoms with Crippen molar-refractivity contribution < 1.29 is 5.11 Å². The molecule has 90 valence electrons. The summed E-state index contributed by atoms with van der Waals surface area (Å²) in [4.78, 5) is 4.29. The van der Waals surface area contributed by atoms with Crippen LogP contribution < -0.4 is 0 Å². The largest absolute Gasteiger partial charge is 0.387 e. The molecule has 1 aliphatic carbocycles. The summed E-state index contributed by atoms with van der Waals surface area (Å²) in [5.74, 6) is 0. The van der Waals surface area contributed by atoms with Gasteiger partial charge in [0.05, 0.1) is 11.8 Å². The van der Waals surface area contributed by atoms with Crippen LogP contribution in [0.2, 0.25) is 0 Å². The molecule has 2 nitrogen and oxygen atoms in total. The van der Waals surface area contributed by atoms with Crippen molar-refractivity contribution in [1.29, 1.82) is 0 Å². The number of aromatic nitrogens is 1. The van der Waals surface area contributed by atoms with Crippen molar-refractivity contribution in [3.8, 4) is 0 Å². The van der Waals surface area contributed by atoms with E-state index in [9.17, 15) is 5.11 Å². The van der Waals surface area contributed by atoms with Crippen LogP contribution in [0.25, 0.3) is 11.6 Å². The van der Waals surface area contributed by atoms with E-state index < -0.39 is 6.10 Å². The van der Waals surface area contributed by atoms with E-state index in [4.69, 9.17) is 0 Å². The molecular weight excluding hydrogens is 222 g/mol. The smallest absolute Gasteiger partial charge is 0.0969 e. The number of fused-ring (bicyclic) bond motifs is 1. The number of aliphatic hydroxyl groups excluding tert-OH is 1. The zero-order chi connectivity index (χ0) is 12.4. The van der Waals surface area contributed by atoms with Gasteiger partial charge in [0.25, 0.3) is 0 Å². The minimum absolute atomic E-state index is 0.460. The van der Waals surface area contributed by atoms with Gasteiger partial charge in [0.2, 0.25) is 0 Å². The van der Waals surface area contributed by atoms with Crippen LogP contribution in [0, 0.1) is 0 Å². The van der Waals surface area contributed by atoms with E-state index >= 15 is 0 Å². The minimum atomic E-state index is -0.460. The molecule has 1 aromatic heterocycles. The number of hydrogen-bond donors (Lipinski definition) is 1. The van der Waals surface area contributed by atoms with Gasteiger partial charge in [-0.1, -0.05) is 36.4 Å². The summed E-state index contributed by atoms with van der Waals surface area (Å²) in [6.07, 6.45) is 5.03. The fraction of sp³-hybridized carbons (Fsp3) is 0.188. The molecule has 0 radical (unpaired) electrons. The summed E-state index contributed by atoms with van der Waals surface area (Å²) >= 11 is 0. The van der Waals surface area contributed by atoms with E-state index in [-0.39, 0.29) is 0 Å². The lowest BCUT2D eigenvalue weighted by atomic mass is 10.0. The summed E-state index contributed by atoms with van der Waals surface area (Å²) < 4.78 is 0. The molecule has 1 heterocycles. The van der Waals surface area contributed by atoms with Crippen LogP contribution >= 0.6 is 0 Å². The van der Waals surface area contributed by atoms with Gasteiger partial charge in [0.15, 0.2) is 0 Å². The second-order valence-corrected chi connectivity index (χ2v) is 4.57. The number of nitrogens with zero attached hydrogens (tertiary/aromatic N) is 1. The average Bonchev–Trinajstić information content (AvgIpc) is 2.60. The maximum absolute atomic E-state index is 10.1. The second-order valence-electron chi connectivity index (χ2n) is 4.57. The molecule has 0 spiro atoms. The molecule has 0 saturated heterocycles. The molecule has 1 aromatic carbocycles. The number of hydrogen-bond acceptors (Lipinski definition) is 2. The molecule has 2 aromatic rings. The maximum atomic E-state index is 10.1. The quantitative estimate of drug-likeness (QED) is 0.824. The van der Waals surface area contributed by atoms with Crippen molar-refractivity contribution in [2.24, 2.45) is 0 Å². The number of benzene rings is 1. The van der Waals surface area contributed by atoms with E-state index in [0.717, 1.165) is 24.1 Å². The number of pyridine rings is 1. The molecular formula is C16H15NO. The summed E-state index contributed by atoms with van der Waals surface area (Å²) in [7, 11) is 0. The molecule has 0 saturated carbocycles. The summed E-state index contributed by atoms with van der Waals surface area (Å²) in [6, 6.07) is 14.3. The van der Waals surface area contributed by atoms with Crippen molar-refractivity contribution in [3.63, 3.8) is 0 Å². The van der Waals surface area contributed by atoms with Gasteiger partial charge < -0.3 is 5.11 Å². The van der Waals surface area contributed by atoms with Crippen molar-refractivity contribution in [2.75, 3.05) is 0 Å². The Morgan fingerprint density at radius 1 is 1.06 bits per heavy atom. The molecule has 0 bridgehead atoms. The van der Waals surface area contributed by atoms with Crippen LogP contribution in [-0.2, 0) is 0 Å². The van der Waals surface area contributed by atoms with Crippen LogP contribution in [0.5, 0.6) is 0 Å². The lowest BCUT2D eigenvalue weighted by Gasteiger charge is -2.08. The first-order valence-corrected chi connectivity index (χ1v) is 6.23. The Balaban J connectivity index is 2.07. The van der Waals surface area contributed by atoms with Crippen molar-refractivity contribution in [1.82, 2.24) is 4.98 Å². The Morgan fingerprint density at radius 2 is 1.89 bits per heavy atom. The Bertz CT molecular complexity index is 575. The second kappa shape index (κ2) is 4.75. The summed E-state index contributed by atoms with van der Waals surface area (Å²) in [6.45, 7) is 0. The Kier molecular flexibility index (Phi) is 2.95. The standard InChI is InChI=1S/C16H15NO/c18-15-9-8-13(12-5-2-1-3-6-12)11-14-7-4-10-17-16(14)15/h1-7,10-11,15,18H,8-9H2. The van der Waals surface area contributed by atoms with Crippen LogP contribution in [0.15, 0.2) is 48.7 Å². The predicted octanol–water partition coefficient (Wildman–Crippen LogP) is 3.45. The van der Waals surface area contributed by atoms with Gasteiger partial charge in [0, 0.05) is 6.20 Å². The van der Waals surface area contributed by atoms with Crippen LogP contribution in [0.1, 0.15) is 35.8 Å². The van der Waals surface area contributed by atoms with Crippen LogP contribution in [0.4, 0.5) is 0 Å². The van der Waals surface area contributed by atoms with Gasteiger partial charge >= 0.3 is 0 Å². The Hall–Kier alpha value is -1.93. The van der Waals surface area contributed by atoms with Gasteiger partial charge in [0.1, 0.15) is 0 Å². The third-order valence-corrected chi connectivity index (χ3v) is 3.35. The van der Waals surface area contributed by atoms with Crippen molar-refractivity contribution >= 4 is 11.6 Å². The minimum Gasteiger partial charge on any atom is -0.387 e. The predicted molar refractivity (Wildman–Crippen MR) is 72.7 cm³/mol. The first-order valence-electron chi connectivity index (χ1n) is 6.23. The van der Waals surface area contributed by atoms with Gasteiger partial charge in [-0.05, 0) is 41.7 Å². The molecule has 1 atom stereocenters. The van der Waals surface area contributed by atoms with Gasteiger partial charge in [-0.3, -0.25) is 4.98 Å². The monoisotopic (exact) mass is 237 g/mol. The Labute approximate surface area is 107 Å². The molecule has 3 rings (SSSR count). The van der Waals surface area contributed by atoms with E-state index in [1.54, 1.807) is 6.20 Å². The highest BCUT2D eigenvalue weighted by Crippen LogP contribution is 2.32. The third-order valence-electron chi connectivity index (χ3n) is 3.35. The van der Waals surface area contributed by atoms with Crippen LogP contribution in [0.3, 0.4) is 0 Å². The molecule has 18 heavy (non-hydrogen) atoms. The van der Waals surface area contributed by atoms with Crippen molar-refractivity contribution in [3.05, 3.63) is 65.5 Å². The first kappa shape index (κ1) is 11.2. The molecule has 1 unspecified atom stereocenters. The molecule has 0 fully saturated rings. The van der Waals surface area contributed by atoms with Gasteiger partial charge in [-0.2, -0.15) is 0 Å². The third kappa shape index (κ3) is 2.07. The summed E-state index contributed by atoms with van der Waals surface area (Å²) in [5.41, 5.74) is 4.31. The van der Waals surface area contributed by atoms with Crippen LogP contribution in [-0.4, -0.2) is 10.1 Å². The lowest BCUT2D eigenvalue weighted by molar-refractivity contribution is 0.165. The molecule has 2 heteroatoms. The van der Waals surface area contributed by atoms with Gasteiger partial charge in [-0.15, -0.1) is 0 Å². The lowest BCUT2D eigenvalue weighted by Crippen LogP contribution is -2.00. The zero-order valence-electron chi connectivity index (χ0n) is 10.1. The van der Waals surface area contributed by atoms with E-state index in [0.29, 0.717) is 0 Å². The van der Waals surface area contributed by atoms with E-state index in [2.05, 4.69) is 23.2 Å². The fourth-order valence-electron chi connectivity index (χ4n) is 2.40. The summed E-state index contributed by atoms with van der Waals surface area (Å²) in [5, 5.41) is 10.1. The first-order chi connectivity index (χ1) is 8.84. The Morgan fingerprint density at radius 3 is 2.72 bits per heavy atom. The van der Waals surface area contributed by atoms with E-state index in [1.165, 1.54) is 11.1 Å². The number of allylic oxidation sites excluding steroid dienone is 1.